The molecule has 0 heterocycles. The first-order chi connectivity index (χ1) is 12.8. The van der Waals surface area contributed by atoms with E-state index in [1.165, 1.54) is 18.2 Å². The lowest BCUT2D eigenvalue weighted by atomic mass is 10.2. The van der Waals surface area contributed by atoms with Crippen LogP contribution in [0.3, 0.4) is 0 Å². The van der Waals surface area contributed by atoms with Crippen molar-refractivity contribution in [3.8, 4) is 0 Å². The molecule has 0 spiro atoms. The zero-order valence-electron chi connectivity index (χ0n) is 14.6. The largest absolute Gasteiger partial charge is 0.322 e. The van der Waals surface area contributed by atoms with Crippen LogP contribution in [-0.4, -0.2) is 16.7 Å². The Morgan fingerprint density at radius 3 is 2.52 bits per heavy atom. The van der Waals surface area contributed by atoms with Gasteiger partial charge < -0.3 is 10.7 Å². The third-order valence-electron chi connectivity index (χ3n) is 3.41. The van der Waals surface area contributed by atoms with E-state index in [0.717, 1.165) is 11.6 Å². The molecule has 2 aromatic rings. The number of hydrogen-bond donors (Lipinski definition) is 3. The van der Waals surface area contributed by atoms with E-state index in [0.29, 0.717) is 11.4 Å². The lowest BCUT2D eigenvalue weighted by molar-refractivity contribution is -0.384. The molecule has 27 heavy (non-hydrogen) atoms. The first-order valence-corrected chi connectivity index (χ1v) is 8.20. The Kier molecular flexibility index (Phi) is 6.51. The summed E-state index contributed by atoms with van der Waals surface area (Å²) in [6.45, 7) is 3.51. The van der Waals surface area contributed by atoms with Gasteiger partial charge >= 0.3 is 0 Å². The van der Waals surface area contributed by atoms with E-state index in [1.807, 2.05) is 25.1 Å². The number of anilines is 1. The molecule has 0 saturated heterocycles. The summed E-state index contributed by atoms with van der Waals surface area (Å²) in [4.78, 5) is 34.1. The van der Waals surface area contributed by atoms with Crippen LogP contribution >= 0.6 is 11.6 Å². The van der Waals surface area contributed by atoms with Crippen molar-refractivity contribution in [2.75, 3.05) is 5.32 Å². The fraction of sp³-hybridized carbons (Fsp3) is 0.111. The lowest BCUT2D eigenvalue weighted by Crippen LogP contribution is -2.36. The van der Waals surface area contributed by atoms with Gasteiger partial charge in [-0.1, -0.05) is 23.7 Å². The van der Waals surface area contributed by atoms with Crippen molar-refractivity contribution in [3.05, 3.63) is 80.5 Å². The first kappa shape index (κ1) is 19.9. The standard InChI is InChI=1S/C18H17ClN4O4/c1-11-4-3-5-14(8-11)20-17(24)9-12(2)21-22-18(25)13-6-7-16(23(26)27)15(19)10-13/h3-10,21H,1-2H3,(H,20,24)(H,22,25). The third-order valence-corrected chi connectivity index (χ3v) is 3.72. The number of halogens is 1. The van der Waals surface area contributed by atoms with Crippen molar-refractivity contribution in [1.82, 2.24) is 10.9 Å². The van der Waals surface area contributed by atoms with Crippen molar-refractivity contribution >= 4 is 34.8 Å². The zero-order valence-corrected chi connectivity index (χ0v) is 15.3. The second-order valence-corrected chi connectivity index (χ2v) is 6.10. The van der Waals surface area contributed by atoms with Crippen molar-refractivity contribution in [3.63, 3.8) is 0 Å². The van der Waals surface area contributed by atoms with Crippen LogP contribution in [0, 0.1) is 17.0 Å². The summed E-state index contributed by atoms with van der Waals surface area (Å²) in [6, 6.07) is 11.0. The van der Waals surface area contributed by atoms with Crippen LogP contribution in [0.4, 0.5) is 11.4 Å². The predicted molar refractivity (Wildman–Crippen MR) is 102 cm³/mol. The van der Waals surface area contributed by atoms with Gasteiger partial charge in [0, 0.05) is 29.1 Å². The van der Waals surface area contributed by atoms with Gasteiger partial charge in [0.2, 0.25) is 5.91 Å². The fourth-order valence-corrected chi connectivity index (χ4v) is 2.41. The highest BCUT2D eigenvalue weighted by atomic mass is 35.5. The molecule has 2 aromatic carbocycles. The van der Waals surface area contributed by atoms with Gasteiger partial charge in [-0.25, -0.2) is 0 Å². The van der Waals surface area contributed by atoms with Gasteiger partial charge in [-0.2, -0.15) is 0 Å². The number of rotatable bonds is 6. The van der Waals surface area contributed by atoms with E-state index in [9.17, 15) is 19.7 Å². The quantitative estimate of drug-likeness (QED) is 0.399. The van der Waals surface area contributed by atoms with E-state index < -0.39 is 10.8 Å². The molecular formula is C18H17ClN4O4. The third kappa shape index (κ3) is 5.82. The number of nitrogens with one attached hydrogen (secondary N) is 3. The number of carbonyl (C=O) groups excluding carboxylic acids is 2. The molecule has 0 fully saturated rings. The van der Waals surface area contributed by atoms with Crippen LogP contribution in [0.1, 0.15) is 22.8 Å². The molecule has 0 aliphatic carbocycles. The number of aryl methyl sites for hydroxylation is 1. The molecule has 9 heteroatoms. The van der Waals surface area contributed by atoms with E-state index in [4.69, 9.17) is 11.6 Å². The maximum Gasteiger partial charge on any atom is 0.287 e. The van der Waals surface area contributed by atoms with Gasteiger partial charge in [-0.15, -0.1) is 0 Å². The monoisotopic (exact) mass is 388 g/mol. The number of hydrogen-bond acceptors (Lipinski definition) is 5. The Bertz CT molecular complexity index is 927. The Labute approximate surface area is 160 Å². The van der Waals surface area contributed by atoms with Gasteiger partial charge in [-0.05, 0) is 43.7 Å². The molecule has 2 rings (SSSR count). The van der Waals surface area contributed by atoms with Gasteiger partial charge in [0.25, 0.3) is 11.6 Å². The van der Waals surface area contributed by atoms with E-state index in [-0.39, 0.29) is 22.2 Å². The van der Waals surface area contributed by atoms with Crippen LogP contribution < -0.4 is 16.2 Å². The minimum atomic E-state index is -0.637. The zero-order chi connectivity index (χ0) is 20.0. The minimum Gasteiger partial charge on any atom is -0.322 e. The van der Waals surface area contributed by atoms with Crippen LogP contribution in [0.2, 0.25) is 5.02 Å². The topological polar surface area (TPSA) is 113 Å². The minimum absolute atomic E-state index is 0.134. The van der Waals surface area contributed by atoms with Gasteiger partial charge in [0.05, 0.1) is 4.92 Å². The average molecular weight is 389 g/mol. The summed E-state index contributed by atoms with van der Waals surface area (Å²) in [5, 5.41) is 13.3. The summed E-state index contributed by atoms with van der Waals surface area (Å²) < 4.78 is 0. The fourth-order valence-electron chi connectivity index (χ4n) is 2.16. The summed E-state index contributed by atoms with van der Waals surface area (Å²) >= 11 is 5.78. The molecule has 0 aliphatic heterocycles. The van der Waals surface area contributed by atoms with E-state index >= 15 is 0 Å². The number of nitro groups is 1. The molecule has 2 amide bonds. The molecule has 0 saturated carbocycles. The highest BCUT2D eigenvalue weighted by Gasteiger charge is 2.15. The molecule has 0 radical (unpaired) electrons. The molecule has 0 unspecified atom stereocenters. The Morgan fingerprint density at radius 2 is 1.89 bits per heavy atom. The van der Waals surface area contributed by atoms with Crippen LogP contribution in [-0.2, 0) is 4.79 Å². The SMILES string of the molecule is CC(=CC(=O)Nc1cccc(C)c1)NNC(=O)c1ccc([N+](=O)[O-])c(Cl)c1. The number of carbonyl (C=O) groups is 2. The van der Waals surface area contributed by atoms with Gasteiger partial charge in [-0.3, -0.25) is 25.1 Å². The Morgan fingerprint density at radius 1 is 1.15 bits per heavy atom. The molecule has 0 aliphatic rings. The molecule has 8 nitrogen and oxygen atoms in total. The summed E-state index contributed by atoms with van der Waals surface area (Å²) in [5.74, 6) is -0.920. The molecular weight excluding hydrogens is 372 g/mol. The smallest absolute Gasteiger partial charge is 0.287 e. The highest BCUT2D eigenvalue weighted by molar-refractivity contribution is 6.33. The number of hydrazine groups is 1. The molecule has 3 N–H and O–H groups in total. The van der Waals surface area contributed by atoms with Crippen LogP contribution in [0.25, 0.3) is 0 Å². The molecule has 0 aromatic heterocycles. The lowest BCUT2D eigenvalue weighted by Gasteiger charge is -2.09. The number of benzene rings is 2. The number of allylic oxidation sites excluding steroid dienone is 1. The van der Waals surface area contributed by atoms with Crippen molar-refractivity contribution in [2.45, 2.75) is 13.8 Å². The maximum absolute atomic E-state index is 12.1. The molecule has 140 valence electrons. The molecule has 0 bridgehead atoms. The summed E-state index contributed by atoms with van der Waals surface area (Å²) in [5.41, 5.74) is 6.89. The second-order valence-electron chi connectivity index (χ2n) is 5.69. The highest BCUT2D eigenvalue weighted by Crippen LogP contribution is 2.24. The van der Waals surface area contributed by atoms with Crippen molar-refractivity contribution in [1.29, 1.82) is 0 Å². The second kappa shape index (κ2) is 8.81. The summed E-state index contributed by atoms with van der Waals surface area (Å²) in [7, 11) is 0. The van der Waals surface area contributed by atoms with Crippen LogP contribution in [0.15, 0.2) is 54.2 Å². The maximum atomic E-state index is 12.1. The normalized spacial score (nSPS) is 10.9. The van der Waals surface area contributed by atoms with E-state index in [2.05, 4.69) is 16.2 Å². The predicted octanol–water partition coefficient (Wildman–Crippen LogP) is 3.33. The molecule has 0 atom stereocenters. The number of amides is 2. The van der Waals surface area contributed by atoms with Crippen LogP contribution in [0.5, 0.6) is 0 Å². The first-order valence-electron chi connectivity index (χ1n) is 7.82. The Balaban J connectivity index is 1.93. The number of nitro benzene ring substituents is 1. The Hall–Kier alpha value is -3.39. The van der Waals surface area contributed by atoms with E-state index in [1.54, 1.807) is 13.0 Å². The summed E-state index contributed by atoms with van der Waals surface area (Å²) in [6.07, 6.45) is 1.28. The number of nitrogens with zero attached hydrogens (tertiary/aromatic N) is 1. The average Bonchev–Trinajstić information content (AvgIpc) is 2.59. The van der Waals surface area contributed by atoms with Gasteiger partial charge in [0.1, 0.15) is 5.02 Å². The van der Waals surface area contributed by atoms with Gasteiger partial charge in [0.15, 0.2) is 0 Å². The van der Waals surface area contributed by atoms with Crippen molar-refractivity contribution in [2.24, 2.45) is 0 Å². The van der Waals surface area contributed by atoms with Crippen molar-refractivity contribution < 1.29 is 14.5 Å².